The maximum absolute atomic E-state index is 9.43. The second-order valence-corrected chi connectivity index (χ2v) is 4.88. The van der Waals surface area contributed by atoms with Gasteiger partial charge in [-0.25, -0.2) is 0 Å². The van der Waals surface area contributed by atoms with E-state index in [9.17, 15) is 5.11 Å². The number of aliphatic hydroxyl groups excluding tert-OH is 1. The van der Waals surface area contributed by atoms with Crippen molar-refractivity contribution in [2.24, 2.45) is 0 Å². The van der Waals surface area contributed by atoms with Gasteiger partial charge in [0.2, 0.25) is 0 Å². The monoisotopic (exact) mass is 224 g/mol. The minimum Gasteiger partial charge on any atom is -0.393 e. The number of benzene rings is 2. The normalized spacial score (nSPS) is 14.2. The molecule has 0 aliphatic heterocycles. The Morgan fingerprint density at radius 1 is 1.06 bits per heavy atom. The van der Waals surface area contributed by atoms with E-state index >= 15 is 0 Å². The van der Waals surface area contributed by atoms with Gasteiger partial charge in [0, 0.05) is 0 Å². The molecule has 0 heterocycles. The van der Waals surface area contributed by atoms with Crippen molar-refractivity contribution >= 4 is 0 Å². The molecule has 0 amide bonds. The largest absolute Gasteiger partial charge is 0.393 e. The van der Waals surface area contributed by atoms with E-state index in [0.29, 0.717) is 0 Å². The van der Waals surface area contributed by atoms with E-state index in [-0.39, 0.29) is 6.10 Å². The molecule has 0 spiro atoms. The molecule has 1 aliphatic rings. The van der Waals surface area contributed by atoms with Crippen LogP contribution in [-0.2, 0) is 12.8 Å². The lowest BCUT2D eigenvalue weighted by Crippen LogP contribution is -2.04. The van der Waals surface area contributed by atoms with Crippen LogP contribution in [0.1, 0.15) is 23.6 Å². The molecule has 1 N–H and O–H groups in total. The van der Waals surface area contributed by atoms with E-state index in [4.69, 9.17) is 0 Å². The van der Waals surface area contributed by atoms with Gasteiger partial charge in [0.05, 0.1) is 6.10 Å². The lowest BCUT2D eigenvalue weighted by atomic mass is 10.0. The summed E-state index contributed by atoms with van der Waals surface area (Å²) in [5, 5.41) is 9.43. The molecule has 17 heavy (non-hydrogen) atoms. The summed E-state index contributed by atoms with van der Waals surface area (Å²) in [6, 6.07) is 15.1. The molecule has 1 aliphatic carbocycles. The average molecular weight is 224 g/mol. The highest BCUT2D eigenvalue weighted by Gasteiger charge is 2.17. The van der Waals surface area contributed by atoms with Crippen LogP contribution in [0.15, 0.2) is 42.5 Å². The molecule has 0 bridgehead atoms. The molecule has 3 rings (SSSR count). The van der Waals surface area contributed by atoms with Crippen molar-refractivity contribution in [3.63, 3.8) is 0 Å². The molecule has 2 aromatic rings. The smallest absolute Gasteiger partial charge is 0.0552 e. The van der Waals surface area contributed by atoms with Gasteiger partial charge in [-0.1, -0.05) is 42.5 Å². The van der Waals surface area contributed by atoms with E-state index < -0.39 is 0 Å². The molecule has 0 aromatic heterocycles. The lowest BCUT2D eigenvalue weighted by Gasteiger charge is -2.07. The van der Waals surface area contributed by atoms with Crippen molar-refractivity contribution in [1.82, 2.24) is 0 Å². The lowest BCUT2D eigenvalue weighted by molar-refractivity contribution is 0.195. The van der Waals surface area contributed by atoms with Gasteiger partial charge < -0.3 is 5.11 Å². The Balaban J connectivity index is 2.01. The Kier molecular flexibility index (Phi) is 2.49. The number of rotatable bonds is 2. The Bertz CT molecular complexity index is 555. The van der Waals surface area contributed by atoms with E-state index in [0.717, 1.165) is 12.8 Å². The number of hydrogen-bond acceptors (Lipinski definition) is 1. The highest BCUT2D eigenvalue weighted by molar-refractivity contribution is 5.76. The van der Waals surface area contributed by atoms with Gasteiger partial charge >= 0.3 is 0 Å². The number of aliphatic hydroxyl groups is 1. The van der Waals surface area contributed by atoms with E-state index in [2.05, 4.69) is 42.5 Å². The van der Waals surface area contributed by atoms with E-state index in [1.54, 1.807) is 0 Å². The van der Waals surface area contributed by atoms with Crippen LogP contribution in [0.4, 0.5) is 0 Å². The second kappa shape index (κ2) is 4.01. The maximum atomic E-state index is 9.43. The Hall–Kier alpha value is -1.60. The van der Waals surface area contributed by atoms with Gasteiger partial charge in [0.1, 0.15) is 0 Å². The molecule has 86 valence electrons. The van der Waals surface area contributed by atoms with Crippen molar-refractivity contribution in [1.29, 1.82) is 0 Å². The topological polar surface area (TPSA) is 20.2 Å². The van der Waals surface area contributed by atoms with Crippen LogP contribution in [0.5, 0.6) is 0 Å². The van der Waals surface area contributed by atoms with Crippen LogP contribution < -0.4 is 0 Å². The van der Waals surface area contributed by atoms with Crippen LogP contribution in [0.3, 0.4) is 0 Å². The molecule has 1 unspecified atom stereocenters. The third-order valence-electron chi connectivity index (χ3n) is 3.39. The van der Waals surface area contributed by atoms with E-state index in [1.807, 2.05) is 6.92 Å². The SMILES string of the molecule is CC(O)Cc1ccc2c(c1)Cc1ccccc1-2. The molecule has 0 saturated carbocycles. The maximum Gasteiger partial charge on any atom is 0.0552 e. The van der Waals surface area contributed by atoms with Crippen molar-refractivity contribution in [3.8, 4) is 11.1 Å². The summed E-state index contributed by atoms with van der Waals surface area (Å²) in [5.41, 5.74) is 6.76. The molecular formula is C16H16O. The summed E-state index contributed by atoms with van der Waals surface area (Å²) in [7, 11) is 0. The fourth-order valence-corrected chi connectivity index (χ4v) is 2.67. The fourth-order valence-electron chi connectivity index (χ4n) is 2.67. The molecule has 1 atom stereocenters. The molecular weight excluding hydrogens is 208 g/mol. The predicted octanol–water partition coefficient (Wildman–Crippen LogP) is 3.18. The zero-order valence-electron chi connectivity index (χ0n) is 9.98. The summed E-state index contributed by atoms with van der Waals surface area (Å²) in [5.74, 6) is 0. The van der Waals surface area contributed by atoms with E-state index in [1.165, 1.54) is 27.8 Å². The van der Waals surface area contributed by atoms with Crippen LogP contribution >= 0.6 is 0 Å². The summed E-state index contributed by atoms with van der Waals surface area (Å²) in [6.45, 7) is 1.84. The van der Waals surface area contributed by atoms with Crippen molar-refractivity contribution in [2.75, 3.05) is 0 Å². The Morgan fingerprint density at radius 2 is 1.82 bits per heavy atom. The quantitative estimate of drug-likeness (QED) is 0.709. The highest BCUT2D eigenvalue weighted by Crippen LogP contribution is 2.36. The van der Waals surface area contributed by atoms with Gasteiger partial charge in [-0.05, 0) is 47.6 Å². The predicted molar refractivity (Wildman–Crippen MR) is 70.1 cm³/mol. The molecule has 2 aromatic carbocycles. The third kappa shape index (κ3) is 1.87. The first-order valence-electron chi connectivity index (χ1n) is 6.12. The van der Waals surface area contributed by atoms with Crippen LogP contribution in [-0.4, -0.2) is 11.2 Å². The van der Waals surface area contributed by atoms with Gasteiger partial charge in [0.25, 0.3) is 0 Å². The van der Waals surface area contributed by atoms with Crippen LogP contribution in [0.25, 0.3) is 11.1 Å². The summed E-state index contributed by atoms with van der Waals surface area (Å²) < 4.78 is 0. The number of fused-ring (bicyclic) bond motifs is 3. The van der Waals surface area contributed by atoms with Gasteiger partial charge in [0.15, 0.2) is 0 Å². The molecule has 0 saturated heterocycles. The molecule has 1 nitrogen and oxygen atoms in total. The molecule has 1 heteroatoms. The first kappa shape index (κ1) is 10.5. The summed E-state index contributed by atoms with van der Waals surface area (Å²) in [4.78, 5) is 0. The second-order valence-electron chi connectivity index (χ2n) is 4.88. The van der Waals surface area contributed by atoms with Crippen LogP contribution in [0.2, 0.25) is 0 Å². The first-order chi connectivity index (χ1) is 8.24. The minimum absolute atomic E-state index is 0.267. The van der Waals surface area contributed by atoms with Crippen molar-refractivity contribution in [3.05, 3.63) is 59.2 Å². The number of hydrogen-bond donors (Lipinski definition) is 1. The first-order valence-corrected chi connectivity index (χ1v) is 6.12. The summed E-state index contributed by atoms with van der Waals surface area (Å²) >= 11 is 0. The highest BCUT2D eigenvalue weighted by atomic mass is 16.3. The van der Waals surface area contributed by atoms with Gasteiger partial charge in [-0.3, -0.25) is 0 Å². The fraction of sp³-hybridized carbons (Fsp3) is 0.250. The van der Waals surface area contributed by atoms with Crippen LogP contribution in [0, 0.1) is 0 Å². The van der Waals surface area contributed by atoms with Crippen molar-refractivity contribution in [2.45, 2.75) is 25.9 Å². The Morgan fingerprint density at radius 3 is 2.65 bits per heavy atom. The third-order valence-corrected chi connectivity index (χ3v) is 3.39. The Labute approximate surface area is 102 Å². The molecule has 0 radical (unpaired) electrons. The zero-order valence-corrected chi connectivity index (χ0v) is 9.98. The zero-order chi connectivity index (χ0) is 11.8. The standard InChI is InChI=1S/C16H16O/c1-11(17)8-12-6-7-16-14(9-12)10-13-4-2-3-5-15(13)16/h2-7,9,11,17H,8,10H2,1H3. The van der Waals surface area contributed by atoms with Crippen molar-refractivity contribution < 1.29 is 5.11 Å². The minimum atomic E-state index is -0.267. The van der Waals surface area contributed by atoms with Gasteiger partial charge in [-0.2, -0.15) is 0 Å². The van der Waals surface area contributed by atoms with Gasteiger partial charge in [-0.15, -0.1) is 0 Å². The average Bonchev–Trinajstić information content (AvgIpc) is 2.65. The molecule has 0 fully saturated rings. The summed E-state index contributed by atoms with van der Waals surface area (Å²) in [6.07, 6.45) is 1.50.